The van der Waals surface area contributed by atoms with E-state index in [-0.39, 0.29) is 11.9 Å². The number of rotatable bonds is 1. The van der Waals surface area contributed by atoms with Gasteiger partial charge in [0.05, 0.1) is 5.69 Å². The van der Waals surface area contributed by atoms with E-state index in [1.54, 1.807) is 24.3 Å². The third kappa shape index (κ3) is 1.98. The van der Waals surface area contributed by atoms with E-state index in [1.165, 1.54) is 0 Å². The van der Waals surface area contributed by atoms with E-state index < -0.39 is 0 Å². The van der Waals surface area contributed by atoms with E-state index in [0.29, 0.717) is 30.8 Å². The number of hydrogen-bond donors (Lipinski definition) is 2. The van der Waals surface area contributed by atoms with Crippen LogP contribution < -0.4 is 16.0 Å². The average Bonchev–Trinajstić information content (AvgIpc) is 2.40. The highest BCUT2D eigenvalue weighted by atomic mass is 16.2. The Morgan fingerprint density at radius 3 is 2.88 bits per heavy atom. The number of nitrogens with two attached hydrogens (primary N) is 1. The molecule has 3 amide bonds. The molecule has 1 fully saturated rings. The first-order chi connectivity index (χ1) is 7.68. The third-order valence-electron chi connectivity index (χ3n) is 2.42. The monoisotopic (exact) mass is 219 g/mol. The molecule has 84 valence electrons. The second-order valence-corrected chi connectivity index (χ2v) is 3.66. The van der Waals surface area contributed by atoms with Gasteiger partial charge in [-0.15, -0.1) is 0 Å². The van der Waals surface area contributed by atoms with Gasteiger partial charge in [-0.2, -0.15) is 0 Å². The maximum absolute atomic E-state index is 11.8. The average molecular weight is 219 g/mol. The van der Waals surface area contributed by atoms with Crippen molar-refractivity contribution in [1.29, 1.82) is 0 Å². The number of benzene rings is 1. The summed E-state index contributed by atoms with van der Waals surface area (Å²) >= 11 is 0. The zero-order valence-electron chi connectivity index (χ0n) is 8.77. The van der Waals surface area contributed by atoms with Gasteiger partial charge in [-0.05, 0) is 24.6 Å². The number of carbonyl (C=O) groups is 2. The smallest absolute Gasteiger partial charge is 0.328 e. The lowest BCUT2D eigenvalue weighted by atomic mass is 10.2. The highest BCUT2D eigenvalue weighted by Gasteiger charge is 2.25. The Balaban J connectivity index is 2.36. The molecule has 5 nitrogen and oxygen atoms in total. The summed E-state index contributed by atoms with van der Waals surface area (Å²) in [5.74, 6) is -0.194. The van der Waals surface area contributed by atoms with Crippen molar-refractivity contribution in [3.05, 3.63) is 24.3 Å². The molecule has 1 aromatic rings. The van der Waals surface area contributed by atoms with Crippen molar-refractivity contribution in [2.75, 3.05) is 17.2 Å². The van der Waals surface area contributed by atoms with E-state index in [1.807, 2.05) is 0 Å². The number of anilines is 2. The fraction of sp³-hybridized carbons (Fsp3) is 0.273. The molecule has 1 aliphatic rings. The van der Waals surface area contributed by atoms with Crippen molar-refractivity contribution in [3.8, 4) is 0 Å². The molecule has 5 heteroatoms. The van der Waals surface area contributed by atoms with Crippen LogP contribution in [0.25, 0.3) is 0 Å². The Labute approximate surface area is 93.2 Å². The van der Waals surface area contributed by atoms with Crippen molar-refractivity contribution in [2.45, 2.75) is 12.8 Å². The molecule has 3 N–H and O–H groups in total. The molecule has 0 radical (unpaired) electrons. The van der Waals surface area contributed by atoms with Crippen LogP contribution in [-0.4, -0.2) is 18.5 Å². The number of nitrogens with one attached hydrogen (secondary N) is 1. The van der Waals surface area contributed by atoms with E-state index in [4.69, 9.17) is 5.73 Å². The van der Waals surface area contributed by atoms with E-state index >= 15 is 0 Å². The lowest BCUT2D eigenvalue weighted by Crippen LogP contribution is -2.41. The summed E-state index contributed by atoms with van der Waals surface area (Å²) in [6, 6.07) is 6.36. The van der Waals surface area contributed by atoms with Crippen LogP contribution in [-0.2, 0) is 4.79 Å². The maximum Gasteiger partial charge on any atom is 0.328 e. The molecule has 0 saturated carbocycles. The van der Waals surface area contributed by atoms with Crippen LogP contribution in [0, 0.1) is 0 Å². The minimum Gasteiger partial charge on any atom is -0.399 e. The molecular formula is C11H13N3O2. The molecule has 0 bridgehead atoms. The summed E-state index contributed by atoms with van der Waals surface area (Å²) in [6.07, 6.45) is 1.04. The minimum atomic E-state index is -0.381. The highest BCUT2D eigenvalue weighted by molar-refractivity contribution is 6.14. The zero-order chi connectivity index (χ0) is 11.5. The van der Waals surface area contributed by atoms with E-state index in [0.717, 1.165) is 4.90 Å². The number of urea groups is 1. The first-order valence-corrected chi connectivity index (χ1v) is 5.15. The zero-order valence-corrected chi connectivity index (χ0v) is 8.77. The number of hydrogen-bond acceptors (Lipinski definition) is 3. The van der Waals surface area contributed by atoms with Crippen LogP contribution in [0.5, 0.6) is 0 Å². The molecule has 1 saturated heterocycles. The van der Waals surface area contributed by atoms with Crippen molar-refractivity contribution < 1.29 is 9.59 Å². The van der Waals surface area contributed by atoms with Gasteiger partial charge in [0.1, 0.15) is 0 Å². The largest absolute Gasteiger partial charge is 0.399 e. The van der Waals surface area contributed by atoms with Crippen LogP contribution in [0.1, 0.15) is 12.8 Å². The van der Waals surface area contributed by atoms with Crippen LogP contribution in [0.4, 0.5) is 16.2 Å². The van der Waals surface area contributed by atoms with Crippen molar-refractivity contribution in [2.24, 2.45) is 0 Å². The predicted octanol–water partition coefficient (Wildman–Crippen LogP) is 1.11. The Morgan fingerprint density at radius 2 is 2.12 bits per heavy atom. The van der Waals surface area contributed by atoms with Gasteiger partial charge in [-0.25, -0.2) is 9.69 Å². The Morgan fingerprint density at radius 1 is 1.31 bits per heavy atom. The Kier molecular flexibility index (Phi) is 2.76. The van der Waals surface area contributed by atoms with Gasteiger partial charge in [0.2, 0.25) is 5.91 Å². The first-order valence-electron chi connectivity index (χ1n) is 5.15. The normalized spacial score (nSPS) is 16.9. The molecule has 0 aliphatic carbocycles. The molecule has 1 heterocycles. The number of imide groups is 1. The van der Waals surface area contributed by atoms with Crippen LogP contribution in [0.3, 0.4) is 0 Å². The molecule has 2 rings (SSSR count). The van der Waals surface area contributed by atoms with E-state index in [9.17, 15) is 9.59 Å². The predicted molar refractivity (Wildman–Crippen MR) is 61.0 cm³/mol. The fourth-order valence-electron chi connectivity index (χ4n) is 1.66. The first kappa shape index (κ1) is 10.5. The van der Waals surface area contributed by atoms with Crippen molar-refractivity contribution in [1.82, 2.24) is 5.32 Å². The lowest BCUT2D eigenvalue weighted by molar-refractivity contribution is -0.117. The minimum absolute atomic E-state index is 0.194. The molecule has 0 aromatic heterocycles. The fourth-order valence-corrected chi connectivity index (χ4v) is 1.66. The second-order valence-electron chi connectivity index (χ2n) is 3.66. The molecule has 0 unspecified atom stereocenters. The van der Waals surface area contributed by atoms with Gasteiger partial charge < -0.3 is 11.1 Å². The molecular weight excluding hydrogens is 206 g/mol. The molecule has 16 heavy (non-hydrogen) atoms. The second kappa shape index (κ2) is 4.22. The SMILES string of the molecule is Nc1cccc(N2C(=O)CCCNC2=O)c1. The summed E-state index contributed by atoms with van der Waals surface area (Å²) in [6.45, 7) is 0.531. The summed E-state index contributed by atoms with van der Waals surface area (Å²) in [5.41, 5.74) is 6.67. The third-order valence-corrected chi connectivity index (χ3v) is 2.42. The van der Waals surface area contributed by atoms with Crippen molar-refractivity contribution >= 4 is 23.3 Å². The Hall–Kier alpha value is -2.04. The summed E-state index contributed by atoms with van der Waals surface area (Å²) in [7, 11) is 0. The number of nitrogen functional groups attached to an aromatic ring is 1. The quantitative estimate of drug-likeness (QED) is 0.694. The molecule has 1 aliphatic heterocycles. The number of nitrogens with zero attached hydrogens (tertiary/aromatic N) is 1. The summed E-state index contributed by atoms with van der Waals surface area (Å²) in [4.78, 5) is 24.6. The van der Waals surface area contributed by atoms with Gasteiger partial charge in [0, 0.05) is 18.7 Å². The topological polar surface area (TPSA) is 75.4 Å². The van der Waals surface area contributed by atoms with Gasteiger partial charge in [-0.1, -0.05) is 6.07 Å². The molecule has 1 aromatic carbocycles. The molecule has 0 atom stereocenters. The maximum atomic E-state index is 11.8. The van der Waals surface area contributed by atoms with Crippen LogP contribution in [0.15, 0.2) is 24.3 Å². The molecule has 0 spiro atoms. The van der Waals surface area contributed by atoms with Gasteiger partial charge >= 0.3 is 6.03 Å². The van der Waals surface area contributed by atoms with Crippen LogP contribution in [0.2, 0.25) is 0 Å². The number of amides is 3. The van der Waals surface area contributed by atoms with Gasteiger partial charge in [0.25, 0.3) is 0 Å². The Bertz CT molecular complexity index is 413. The lowest BCUT2D eigenvalue weighted by Gasteiger charge is -2.18. The highest BCUT2D eigenvalue weighted by Crippen LogP contribution is 2.20. The van der Waals surface area contributed by atoms with Crippen LogP contribution >= 0.6 is 0 Å². The van der Waals surface area contributed by atoms with Gasteiger partial charge in [0.15, 0.2) is 0 Å². The van der Waals surface area contributed by atoms with Crippen molar-refractivity contribution in [3.63, 3.8) is 0 Å². The summed E-state index contributed by atoms with van der Waals surface area (Å²) in [5, 5.41) is 2.67. The van der Waals surface area contributed by atoms with E-state index in [2.05, 4.69) is 5.32 Å². The number of carbonyl (C=O) groups excluding carboxylic acids is 2. The summed E-state index contributed by atoms with van der Waals surface area (Å²) < 4.78 is 0. The standard InChI is InChI=1S/C11H13N3O2/c12-8-3-1-4-9(7-8)14-10(15)5-2-6-13-11(14)16/h1,3-4,7H,2,5-6,12H2,(H,13,16). The van der Waals surface area contributed by atoms with Gasteiger partial charge in [-0.3, -0.25) is 4.79 Å².